The van der Waals surface area contributed by atoms with E-state index in [-0.39, 0.29) is 6.04 Å². The molecular formula is C14H21N5. The Balaban J connectivity index is 1.69. The Morgan fingerprint density at radius 1 is 1.37 bits per heavy atom. The van der Waals surface area contributed by atoms with Gasteiger partial charge in [-0.25, -0.2) is 0 Å². The molecule has 0 saturated heterocycles. The monoisotopic (exact) mass is 259 g/mol. The van der Waals surface area contributed by atoms with Crippen LogP contribution in [0, 0.1) is 0 Å². The third kappa shape index (κ3) is 2.71. The summed E-state index contributed by atoms with van der Waals surface area (Å²) in [5.74, 6) is 2.23. The summed E-state index contributed by atoms with van der Waals surface area (Å²) in [6.07, 6.45) is 6.79. The lowest BCUT2D eigenvalue weighted by molar-refractivity contribution is 0.499. The average molecular weight is 259 g/mol. The molecular weight excluding hydrogens is 238 g/mol. The Morgan fingerprint density at radius 2 is 2.32 bits per heavy atom. The first-order valence-corrected chi connectivity index (χ1v) is 7.12. The highest BCUT2D eigenvalue weighted by Crippen LogP contribution is 2.18. The van der Waals surface area contributed by atoms with Crippen molar-refractivity contribution in [2.45, 2.75) is 51.7 Å². The number of hydrogen-bond donors (Lipinski definition) is 2. The maximum absolute atomic E-state index is 4.38. The molecule has 3 heterocycles. The van der Waals surface area contributed by atoms with Gasteiger partial charge in [0.25, 0.3) is 0 Å². The smallest absolute Gasteiger partial charge is 0.149 e. The van der Waals surface area contributed by atoms with Crippen molar-refractivity contribution in [1.29, 1.82) is 0 Å². The van der Waals surface area contributed by atoms with Crippen molar-refractivity contribution in [2.24, 2.45) is 0 Å². The van der Waals surface area contributed by atoms with Crippen LogP contribution in [0.1, 0.15) is 49.6 Å². The summed E-state index contributed by atoms with van der Waals surface area (Å²) in [5, 5.41) is 12.2. The second kappa shape index (κ2) is 5.57. The Bertz CT molecular complexity index is 514. The van der Waals surface area contributed by atoms with Gasteiger partial charge in [0, 0.05) is 31.4 Å². The second-order valence-corrected chi connectivity index (χ2v) is 5.23. The maximum atomic E-state index is 4.38. The van der Waals surface area contributed by atoms with Crippen LogP contribution in [0.25, 0.3) is 0 Å². The molecule has 19 heavy (non-hydrogen) atoms. The minimum atomic E-state index is 0.225. The van der Waals surface area contributed by atoms with E-state index in [2.05, 4.69) is 38.1 Å². The summed E-state index contributed by atoms with van der Waals surface area (Å²) >= 11 is 0. The number of H-pyrrole nitrogens is 1. The van der Waals surface area contributed by atoms with Gasteiger partial charge in [-0.05, 0) is 31.9 Å². The standard InChI is InChI=1S/C14H21N5/c1-11(16-10-12-6-5-8-15-12)14-18-17-13-7-3-2-4-9-19(13)14/h5-6,8,11,15-16H,2-4,7,9-10H2,1H3. The van der Waals surface area contributed by atoms with Crippen molar-refractivity contribution in [3.8, 4) is 0 Å². The van der Waals surface area contributed by atoms with E-state index in [1.807, 2.05) is 12.3 Å². The van der Waals surface area contributed by atoms with Gasteiger partial charge in [0.15, 0.2) is 0 Å². The Labute approximate surface area is 113 Å². The van der Waals surface area contributed by atoms with Crippen LogP contribution in [-0.2, 0) is 19.5 Å². The van der Waals surface area contributed by atoms with Gasteiger partial charge < -0.3 is 14.9 Å². The molecule has 0 radical (unpaired) electrons. The molecule has 0 aliphatic carbocycles. The summed E-state index contributed by atoms with van der Waals surface area (Å²) in [7, 11) is 0. The van der Waals surface area contributed by atoms with Gasteiger partial charge in [-0.3, -0.25) is 0 Å². The van der Waals surface area contributed by atoms with E-state index < -0.39 is 0 Å². The highest BCUT2D eigenvalue weighted by Gasteiger charge is 2.18. The average Bonchev–Trinajstić information content (AvgIpc) is 3.02. The minimum absolute atomic E-state index is 0.225. The van der Waals surface area contributed by atoms with E-state index in [4.69, 9.17) is 0 Å². The minimum Gasteiger partial charge on any atom is -0.364 e. The molecule has 0 aromatic carbocycles. The van der Waals surface area contributed by atoms with Gasteiger partial charge >= 0.3 is 0 Å². The van der Waals surface area contributed by atoms with E-state index >= 15 is 0 Å². The maximum Gasteiger partial charge on any atom is 0.149 e. The molecule has 0 fully saturated rings. The number of aromatic nitrogens is 4. The molecule has 0 spiro atoms. The molecule has 1 atom stereocenters. The summed E-state index contributed by atoms with van der Waals surface area (Å²) in [5.41, 5.74) is 1.20. The van der Waals surface area contributed by atoms with Crippen LogP contribution in [0.3, 0.4) is 0 Å². The molecule has 2 aromatic heterocycles. The molecule has 0 bridgehead atoms. The molecule has 0 amide bonds. The summed E-state index contributed by atoms with van der Waals surface area (Å²) < 4.78 is 2.30. The van der Waals surface area contributed by atoms with Crippen LogP contribution in [0.15, 0.2) is 18.3 Å². The summed E-state index contributed by atoms with van der Waals surface area (Å²) in [6.45, 7) is 4.05. The fraction of sp³-hybridized carbons (Fsp3) is 0.571. The van der Waals surface area contributed by atoms with Gasteiger partial charge in [-0.15, -0.1) is 10.2 Å². The molecule has 2 aromatic rings. The predicted molar refractivity (Wildman–Crippen MR) is 73.6 cm³/mol. The normalized spacial score (nSPS) is 16.9. The lowest BCUT2D eigenvalue weighted by Gasteiger charge is -2.14. The third-order valence-electron chi connectivity index (χ3n) is 3.79. The molecule has 5 heteroatoms. The summed E-state index contributed by atoms with van der Waals surface area (Å²) in [4.78, 5) is 3.20. The van der Waals surface area contributed by atoms with Gasteiger partial charge in [0.2, 0.25) is 0 Å². The van der Waals surface area contributed by atoms with Crippen molar-refractivity contribution >= 4 is 0 Å². The van der Waals surface area contributed by atoms with Crippen molar-refractivity contribution in [3.63, 3.8) is 0 Å². The number of nitrogens with one attached hydrogen (secondary N) is 2. The molecule has 102 valence electrons. The SMILES string of the molecule is CC(NCc1ccc[nH]1)c1nnc2n1CCCCC2. The molecule has 1 aliphatic heterocycles. The number of aryl methyl sites for hydroxylation is 1. The van der Waals surface area contributed by atoms with E-state index in [9.17, 15) is 0 Å². The van der Waals surface area contributed by atoms with Crippen molar-refractivity contribution in [1.82, 2.24) is 25.1 Å². The predicted octanol–water partition coefficient (Wildman–Crippen LogP) is 2.18. The van der Waals surface area contributed by atoms with Crippen molar-refractivity contribution in [2.75, 3.05) is 0 Å². The molecule has 1 aliphatic rings. The van der Waals surface area contributed by atoms with E-state index in [0.717, 1.165) is 31.2 Å². The van der Waals surface area contributed by atoms with Gasteiger partial charge in [-0.1, -0.05) is 6.42 Å². The zero-order chi connectivity index (χ0) is 13.1. The quantitative estimate of drug-likeness (QED) is 0.885. The zero-order valence-corrected chi connectivity index (χ0v) is 11.4. The van der Waals surface area contributed by atoms with Crippen LogP contribution in [-0.4, -0.2) is 19.7 Å². The number of fused-ring (bicyclic) bond motifs is 1. The van der Waals surface area contributed by atoms with Crippen LogP contribution in [0.2, 0.25) is 0 Å². The fourth-order valence-corrected chi connectivity index (χ4v) is 2.66. The first kappa shape index (κ1) is 12.4. The van der Waals surface area contributed by atoms with E-state index in [1.165, 1.54) is 25.0 Å². The Kier molecular flexibility index (Phi) is 3.64. The highest BCUT2D eigenvalue weighted by atomic mass is 15.3. The van der Waals surface area contributed by atoms with Crippen molar-refractivity contribution in [3.05, 3.63) is 35.7 Å². The lowest BCUT2D eigenvalue weighted by Crippen LogP contribution is -2.22. The van der Waals surface area contributed by atoms with Crippen LogP contribution in [0.4, 0.5) is 0 Å². The molecule has 0 saturated carbocycles. The van der Waals surface area contributed by atoms with E-state index in [1.54, 1.807) is 0 Å². The highest BCUT2D eigenvalue weighted by molar-refractivity contribution is 5.05. The van der Waals surface area contributed by atoms with E-state index in [0.29, 0.717) is 0 Å². The number of aromatic amines is 1. The number of rotatable bonds is 4. The summed E-state index contributed by atoms with van der Waals surface area (Å²) in [6, 6.07) is 4.33. The Hall–Kier alpha value is -1.62. The Morgan fingerprint density at radius 3 is 3.16 bits per heavy atom. The van der Waals surface area contributed by atoms with Crippen LogP contribution < -0.4 is 5.32 Å². The third-order valence-corrected chi connectivity index (χ3v) is 3.79. The topological polar surface area (TPSA) is 58.5 Å². The van der Waals surface area contributed by atoms with Crippen LogP contribution >= 0.6 is 0 Å². The van der Waals surface area contributed by atoms with Gasteiger partial charge in [-0.2, -0.15) is 0 Å². The largest absolute Gasteiger partial charge is 0.364 e. The van der Waals surface area contributed by atoms with Gasteiger partial charge in [0.1, 0.15) is 11.6 Å². The molecule has 5 nitrogen and oxygen atoms in total. The fourth-order valence-electron chi connectivity index (χ4n) is 2.66. The second-order valence-electron chi connectivity index (χ2n) is 5.23. The molecule has 2 N–H and O–H groups in total. The molecule has 1 unspecified atom stereocenters. The number of hydrogen-bond acceptors (Lipinski definition) is 3. The first-order chi connectivity index (χ1) is 9.34. The van der Waals surface area contributed by atoms with Gasteiger partial charge in [0.05, 0.1) is 6.04 Å². The number of nitrogens with zero attached hydrogens (tertiary/aromatic N) is 3. The van der Waals surface area contributed by atoms with Crippen molar-refractivity contribution < 1.29 is 0 Å². The first-order valence-electron chi connectivity index (χ1n) is 7.12. The van der Waals surface area contributed by atoms with Crippen LogP contribution in [0.5, 0.6) is 0 Å². The lowest BCUT2D eigenvalue weighted by atomic mass is 10.2. The molecule has 3 rings (SSSR count). The zero-order valence-electron chi connectivity index (χ0n) is 11.4.